The number of carbonyl (C=O) groups is 1. The standard InChI is InChI=1S/C19H15N3O2S/c20-10-15-7-4-8-16(9-15)12-24-18(23)17-13-25-19(22-17)21-11-14-5-2-1-3-6-14/h1-9,13H,11-12H2,(H,21,22). The van der Waals surface area contributed by atoms with Crippen molar-refractivity contribution in [3.05, 3.63) is 82.4 Å². The molecular formula is C19H15N3O2S. The van der Waals surface area contributed by atoms with Gasteiger partial charge in [-0.25, -0.2) is 9.78 Å². The van der Waals surface area contributed by atoms with Crippen molar-refractivity contribution in [3.63, 3.8) is 0 Å². The van der Waals surface area contributed by atoms with Crippen LogP contribution in [0, 0.1) is 11.3 Å². The minimum atomic E-state index is -0.480. The third-order valence-corrected chi connectivity index (χ3v) is 4.23. The third-order valence-electron chi connectivity index (χ3n) is 3.43. The summed E-state index contributed by atoms with van der Waals surface area (Å²) in [7, 11) is 0. The van der Waals surface area contributed by atoms with Crippen LogP contribution in [0.25, 0.3) is 0 Å². The number of hydrogen-bond acceptors (Lipinski definition) is 6. The van der Waals surface area contributed by atoms with Crippen LogP contribution in [0.2, 0.25) is 0 Å². The first-order chi connectivity index (χ1) is 12.2. The van der Waals surface area contributed by atoms with E-state index in [9.17, 15) is 4.79 Å². The van der Waals surface area contributed by atoms with Crippen LogP contribution >= 0.6 is 11.3 Å². The van der Waals surface area contributed by atoms with Gasteiger partial charge in [-0.3, -0.25) is 0 Å². The largest absolute Gasteiger partial charge is 0.456 e. The predicted molar refractivity (Wildman–Crippen MR) is 96.2 cm³/mol. The van der Waals surface area contributed by atoms with E-state index in [0.29, 0.717) is 17.2 Å². The van der Waals surface area contributed by atoms with Gasteiger partial charge in [-0.1, -0.05) is 42.5 Å². The second kappa shape index (κ2) is 8.08. The molecule has 0 unspecified atom stereocenters. The van der Waals surface area contributed by atoms with Gasteiger partial charge in [-0.2, -0.15) is 5.26 Å². The van der Waals surface area contributed by atoms with Gasteiger partial charge in [-0.05, 0) is 23.3 Å². The Morgan fingerprint density at radius 1 is 1.16 bits per heavy atom. The van der Waals surface area contributed by atoms with Crippen molar-refractivity contribution in [2.45, 2.75) is 13.2 Å². The number of esters is 1. The molecule has 0 saturated heterocycles. The molecule has 0 amide bonds. The number of nitrogens with zero attached hydrogens (tertiary/aromatic N) is 2. The fourth-order valence-corrected chi connectivity index (χ4v) is 2.85. The maximum Gasteiger partial charge on any atom is 0.358 e. The quantitative estimate of drug-likeness (QED) is 0.681. The summed E-state index contributed by atoms with van der Waals surface area (Å²) < 4.78 is 5.26. The monoisotopic (exact) mass is 349 g/mol. The number of hydrogen-bond donors (Lipinski definition) is 1. The van der Waals surface area contributed by atoms with Crippen molar-refractivity contribution in [2.75, 3.05) is 5.32 Å². The summed E-state index contributed by atoms with van der Waals surface area (Å²) in [4.78, 5) is 16.3. The van der Waals surface area contributed by atoms with Crippen molar-refractivity contribution >= 4 is 22.4 Å². The van der Waals surface area contributed by atoms with E-state index in [1.165, 1.54) is 11.3 Å². The molecule has 0 aliphatic heterocycles. The fraction of sp³-hybridized carbons (Fsp3) is 0.105. The zero-order valence-electron chi connectivity index (χ0n) is 13.3. The number of anilines is 1. The lowest BCUT2D eigenvalue weighted by molar-refractivity contribution is 0.0467. The van der Waals surface area contributed by atoms with Gasteiger partial charge in [0.05, 0.1) is 11.6 Å². The highest BCUT2D eigenvalue weighted by Crippen LogP contribution is 2.17. The molecule has 1 N–H and O–H groups in total. The Morgan fingerprint density at radius 3 is 2.76 bits per heavy atom. The molecule has 2 aromatic carbocycles. The topological polar surface area (TPSA) is 75.0 Å². The lowest BCUT2D eigenvalue weighted by Crippen LogP contribution is -2.06. The van der Waals surface area contributed by atoms with Crippen LogP contribution < -0.4 is 5.32 Å². The summed E-state index contributed by atoms with van der Waals surface area (Å²) >= 11 is 1.36. The van der Waals surface area contributed by atoms with E-state index < -0.39 is 5.97 Å². The van der Waals surface area contributed by atoms with Crippen molar-refractivity contribution in [1.29, 1.82) is 5.26 Å². The van der Waals surface area contributed by atoms with Crippen molar-refractivity contribution in [1.82, 2.24) is 4.98 Å². The highest BCUT2D eigenvalue weighted by atomic mass is 32.1. The Labute approximate surface area is 149 Å². The first kappa shape index (κ1) is 16.7. The second-order valence-electron chi connectivity index (χ2n) is 5.27. The van der Waals surface area contributed by atoms with E-state index in [2.05, 4.69) is 16.4 Å². The van der Waals surface area contributed by atoms with Gasteiger partial charge in [0.2, 0.25) is 0 Å². The van der Waals surface area contributed by atoms with Crippen molar-refractivity contribution < 1.29 is 9.53 Å². The van der Waals surface area contributed by atoms with E-state index in [0.717, 1.165) is 11.1 Å². The minimum Gasteiger partial charge on any atom is -0.456 e. The first-order valence-corrected chi connectivity index (χ1v) is 8.52. The number of ether oxygens (including phenoxy) is 1. The molecule has 0 saturated carbocycles. The molecule has 25 heavy (non-hydrogen) atoms. The zero-order chi connectivity index (χ0) is 17.5. The molecule has 0 radical (unpaired) electrons. The molecule has 3 aromatic rings. The van der Waals surface area contributed by atoms with Crippen LogP contribution in [0.1, 0.15) is 27.2 Å². The molecule has 1 aromatic heterocycles. The number of nitriles is 1. The lowest BCUT2D eigenvalue weighted by atomic mass is 10.1. The molecule has 3 rings (SSSR count). The fourth-order valence-electron chi connectivity index (χ4n) is 2.18. The maximum atomic E-state index is 12.1. The van der Waals surface area contributed by atoms with Crippen LogP contribution in [-0.2, 0) is 17.9 Å². The van der Waals surface area contributed by atoms with Crippen LogP contribution in [0.4, 0.5) is 5.13 Å². The number of nitrogens with one attached hydrogen (secondary N) is 1. The third kappa shape index (κ3) is 4.66. The maximum absolute atomic E-state index is 12.1. The Balaban J connectivity index is 1.54. The van der Waals surface area contributed by atoms with E-state index in [1.54, 1.807) is 23.6 Å². The molecule has 1 heterocycles. The summed E-state index contributed by atoms with van der Waals surface area (Å²) in [6.07, 6.45) is 0. The molecule has 124 valence electrons. The van der Waals surface area contributed by atoms with Crippen LogP contribution in [0.15, 0.2) is 60.0 Å². The first-order valence-electron chi connectivity index (χ1n) is 7.64. The Hall–Kier alpha value is -3.17. The Bertz CT molecular complexity index is 900. The van der Waals surface area contributed by atoms with Crippen LogP contribution in [-0.4, -0.2) is 11.0 Å². The highest BCUT2D eigenvalue weighted by Gasteiger charge is 2.12. The highest BCUT2D eigenvalue weighted by molar-refractivity contribution is 7.13. The normalized spacial score (nSPS) is 10.0. The van der Waals surface area contributed by atoms with Crippen molar-refractivity contribution in [3.8, 4) is 6.07 Å². The molecule has 6 heteroatoms. The Morgan fingerprint density at radius 2 is 1.96 bits per heavy atom. The van der Waals surface area contributed by atoms with E-state index in [1.807, 2.05) is 36.4 Å². The summed E-state index contributed by atoms with van der Waals surface area (Å²) in [6.45, 7) is 0.752. The Kier molecular flexibility index (Phi) is 5.39. The SMILES string of the molecule is N#Cc1cccc(COC(=O)c2csc(NCc3ccccc3)n2)c1. The molecule has 0 atom stereocenters. The van der Waals surface area contributed by atoms with Crippen LogP contribution in [0.5, 0.6) is 0 Å². The van der Waals surface area contributed by atoms with Gasteiger partial charge in [-0.15, -0.1) is 11.3 Å². The van der Waals surface area contributed by atoms with Gasteiger partial charge in [0.15, 0.2) is 10.8 Å². The number of aromatic nitrogens is 1. The number of benzene rings is 2. The zero-order valence-corrected chi connectivity index (χ0v) is 14.1. The molecule has 0 aliphatic carbocycles. The average Bonchev–Trinajstić information content (AvgIpc) is 3.14. The molecule has 0 spiro atoms. The summed E-state index contributed by atoms with van der Waals surface area (Å²) in [5.41, 5.74) is 2.72. The summed E-state index contributed by atoms with van der Waals surface area (Å²) in [5, 5.41) is 14.4. The van der Waals surface area contributed by atoms with E-state index in [4.69, 9.17) is 10.00 Å². The average molecular weight is 349 g/mol. The van der Waals surface area contributed by atoms with Gasteiger partial charge in [0.25, 0.3) is 0 Å². The van der Waals surface area contributed by atoms with Gasteiger partial charge in [0.1, 0.15) is 6.61 Å². The lowest BCUT2D eigenvalue weighted by Gasteiger charge is -2.04. The molecular weight excluding hydrogens is 334 g/mol. The van der Waals surface area contributed by atoms with Gasteiger partial charge >= 0.3 is 5.97 Å². The molecule has 0 aliphatic rings. The number of carbonyl (C=O) groups excluding carboxylic acids is 1. The molecule has 0 fully saturated rings. The van der Waals surface area contributed by atoms with Gasteiger partial charge < -0.3 is 10.1 Å². The van der Waals surface area contributed by atoms with Crippen LogP contribution in [0.3, 0.4) is 0 Å². The predicted octanol–water partition coefficient (Wildman–Crippen LogP) is 3.98. The van der Waals surface area contributed by atoms with E-state index in [-0.39, 0.29) is 12.3 Å². The summed E-state index contributed by atoms with van der Waals surface area (Å²) in [5.74, 6) is -0.480. The summed E-state index contributed by atoms with van der Waals surface area (Å²) in [6, 6.07) is 19.0. The molecule has 5 nitrogen and oxygen atoms in total. The number of rotatable bonds is 6. The second-order valence-corrected chi connectivity index (χ2v) is 6.12. The smallest absolute Gasteiger partial charge is 0.358 e. The van der Waals surface area contributed by atoms with Crippen molar-refractivity contribution in [2.24, 2.45) is 0 Å². The molecule has 0 bridgehead atoms. The van der Waals surface area contributed by atoms with E-state index >= 15 is 0 Å². The minimum absolute atomic E-state index is 0.110. The van der Waals surface area contributed by atoms with Gasteiger partial charge in [0, 0.05) is 11.9 Å². The number of thiazole rings is 1.